The van der Waals surface area contributed by atoms with Crippen molar-refractivity contribution in [2.75, 3.05) is 125 Å². The Kier molecular flexibility index (Phi) is 14.1. The minimum atomic E-state index is -0.259. The molecule has 0 aliphatic carbocycles. The molecular formula is C22H40N8O8. The molecule has 0 bridgehead atoms. The van der Waals surface area contributed by atoms with E-state index in [-0.39, 0.29) is 140 Å². The predicted octanol–water partition coefficient (Wildman–Crippen LogP) is -4.42. The number of anilines is 4. The summed E-state index contributed by atoms with van der Waals surface area (Å²) in [6, 6.07) is 0. The van der Waals surface area contributed by atoms with Crippen molar-refractivity contribution < 1.29 is 40.9 Å². The summed E-state index contributed by atoms with van der Waals surface area (Å²) in [7, 11) is 0. The molecule has 0 saturated carbocycles. The molecule has 0 saturated heterocycles. The van der Waals surface area contributed by atoms with E-state index in [1.54, 1.807) is 19.6 Å². The van der Waals surface area contributed by atoms with Crippen LogP contribution in [0.1, 0.15) is 0 Å². The number of rotatable bonds is 20. The van der Waals surface area contributed by atoms with Crippen LogP contribution in [0.15, 0.2) is 0 Å². The van der Waals surface area contributed by atoms with Crippen molar-refractivity contribution >= 4 is 34.6 Å². The molecule has 2 aromatic rings. The van der Waals surface area contributed by atoms with Gasteiger partial charge < -0.3 is 60.5 Å². The van der Waals surface area contributed by atoms with Crippen LogP contribution in [0, 0.1) is 0 Å². The van der Waals surface area contributed by atoms with Gasteiger partial charge in [0.1, 0.15) is 11.0 Å². The summed E-state index contributed by atoms with van der Waals surface area (Å²) in [5.74, 6) is 0.730. The highest BCUT2D eigenvalue weighted by molar-refractivity contribution is 5.95. The smallest absolute Gasteiger partial charge is 0.228 e. The maximum absolute atomic E-state index is 9.71. The molecule has 0 amide bonds. The molecule has 0 aromatic carbocycles. The van der Waals surface area contributed by atoms with Crippen LogP contribution in [-0.2, 0) is 0 Å². The van der Waals surface area contributed by atoms with Crippen LogP contribution in [0.4, 0.5) is 23.5 Å². The number of aliphatic hydroxyl groups is 8. The van der Waals surface area contributed by atoms with Crippen LogP contribution in [0.25, 0.3) is 11.0 Å². The third-order valence-corrected chi connectivity index (χ3v) is 5.61. The van der Waals surface area contributed by atoms with E-state index in [2.05, 4.69) is 19.9 Å². The highest BCUT2D eigenvalue weighted by Crippen LogP contribution is 2.32. The molecule has 16 heteroatoms. The second kappa shape index (κ2) is 17.0. The lowest BCUT2D eigenvalue weighted by Crippen LogP contribution is -2.36. The zero-order valence-corrected chi connectivity index (χ0v) is 21.5. The summed E-state index contributed by atoms with van der Waals surface area (Å²) in [6.07, 6.45) is 0. The average Bonchev–Trinajstić information content (AvgIpc) is 2.91. The zero-order chi connectivity index (χ0) is 27.9. The lowest BCUT2D eigenvalue weighted by atomic mass is 10.3. The van der Waals surface area contributed by atoms with Gasteiger partial charge in [0.05, 0.1) is 52.9 Å². The Morgan fingerprint density at radius 1 is 0.342 bits per heavy atom. The van der Waals surface area contributed by atoms with E-state index < -0.39 is 0 Å². The van der Waals surface area contributed by atoms with Crippen molar-refractivity contribution in [3.05, 3.63) is 0 Å². The minimum absolute atomic E-state index is 0.0920. The second-order valence-electron chi connectivity index (χ2n) is 8.13. The molecule has 38 heavy (non-hydrogen) atoms. The highest BCUT2D eigenvalue weighted by atomic mass is 16.3. The third kappa shape index (κ3) is 8.15. The molecule has 0 fully saturated rings. The largest absolute Gasteiger partial charge is 0.395 e. The normalized spacial score (nSPS) is 11.3. The molecule has 0 atom stereocenters. The van der Waals surface area contributed by atoms with Crippen LogP contribution >= 0.6 is 0 Å². The van der Waals surface area contributed by atoms with Gasteiger partial charge in [-0.1, -0.05) is 0 Å². The van der Waals surface area contributed by atoms with Gasteiger partial charge in [0.25, 0.3) is 0 Å². The van der Waals surface area contributed by atoms with Crippen LogP contribution in [0.2, 0.25) is 0 Å². The van der Waals surface area contributed by atoms with Crippen LogP contribution in [0.3, 0.4) is 0 Å². The molecular weight excluding hydrogens is 504 g/mol. The Labute approximate surface area is 220 Å². The first-order chi connectivity index (χ1) is 18.5. The van der Waals surface area contributed by atoms with Crippen LogP contribution < -0.4 is 19.6 Å². The van der Waals surface area contributed by atoms with Crippen molar-refractivity contribution in [3.8, 4) is 0 Å². The van der Waals surface area contributed by atoms with Gasteiger partial charge in [-0.05, 0) is 0 Å². The molecule has 0 unspecified atom stereocenters. The highest BCUT2D eigenvalue weighted by Gasteiger charge is 2.25. The number of hydrogen-bond acceptors (Lipinski definition) is 16. The number of nitrogens with zero attached hydrogens (tertiary/aromatic N) is 8. The van der Waals surface area contributed by atoms with E-state index in [0.717, 1.165) is 0 Å². The van der Waals surface area contributed by atoms with E-state index >= 15 is 0 Å². The molecule has 216 valence electrons. The lowest BCUT2D eigenvalue weighted by Gasteiger charge is -2.30. The van der Waals surface area contributed by atoms with E-state index in [1.807, 2.05) is 0 Å². The number of aliphatic hydroxyl groups excluding tert-OH is 8. The topological polar surface area (TPSA) is 226 Å². The Morgan fingerprint density at radius 3 is 0.816 bits per heavy atom. The fraction of sp³-hybridized carbons (Fsp3) is 0.727. The first kappa shape index (κ1) is 31.5. The third-order valence-electron chi connectivity index (χ3n) is 5.61. The van der Waals surface area contributed by atoms with Gasteiger partial charge in [-0.25, -0.2) is 9.97 Å². The van der Waals surface area contributed by atoms with Crippen molar-refractivity contribution in [2.24, 2.45) is 0 Å². The first-order valence-electron chi connectivity index (χ1n) is 12.5. The van der Waals surface area contributed by atoms with E-state index in [4.69, 9.17) is 0 Å². The van der Waals surface area contributed by atoms with Gasteiger partial charge in [-0.2, -0.15) is 9.97 Å². The number of fused-ring (bicyclic) bond motifs is 1. The summed E-state index contributed by atoms with van der Waals surface area (Å²) in [5, 5.41) is 77.1. The Balaban J connectivity index is 2.98. The minimum Gasteiger partial charge on any atom is -0.395 e. The van der Waals surface area contributed by atoms with Crippen molar-refractivity contribution in [1.82, 2.24) is 19.9 Å². The second-order valence-corrected chi connectivity index (χ2v) is 8.13. The summed E-state index contributed by atoms with van der Waals surface area (Å²) < 4.78 is 0. The molecule has 0 aliphatic heterocycles. The van der Waals surface area contributed by atoms with Gasteiger partial charge in [-0.15, -0.1) is 0 Å². The first-order valence-corrected chi connectivity index (χ1v) is 12.5. The predicted molar refractivity (Wildman–Crippen MR) is 141 cm³/mol. The Morgan fingerprint density at radius 2 is 0.579 bits per heavy atom. The molecule has 16 nitrogen and oxygen atoms in total. The van der Waals surface area contributed by atoms with Crippen LogP contribution in [0.5, 0.6) is 0 Å². The van der Waals surface area contributed by atoms with Crippen molar-refractivity contribution in [3.63, 3.8) is 0 Å². The van der Waals surface area contributed by atoms with Gasteiger partial charge in [-0.3, -0.25) is 0 Å². The SMILES string of the molecule is OCCN(CCO)c1nc(N(CCO)CCO)c2nc(N(CCO)CCO)nc(N(CCO)CCO)c2n1. The van der Waals surface area contributed by atoms with Crippen molar-refractivity contribution in [2.45, 2.75) is 0 Å². The van der Waals surface area contributed by atoms with Crippen LogP contribution in [-0.4, -0.2) is 166 Å². The van der Waals surface area contributed by atoms with Gasteiger partial charge in [0.15, 0.2) is 11.6 Å². The molecule has 2 aromatic heterocycles. The fourth-order valence-corrected chi connectivity index (χ4v) is 3.92. The molecule has 0 aliphatic rings. The summed E-state index contributed by atoms with van der Waals surface area (Å²) in [6.45, 7) is -1.20. The zero-order valence-electron chi connectivity index (χ0n) is 21.5. The molecule has 2 heterocycles. The number of hydrogen-bond donors (Lipinski definition) is 8. The molecule has 0 radical (unpaired) electrons. The number of aromatic nitrogens is 4. The lowest BCUT2D eigenvalue weighted by molar-refractivity contribution is 0.278. The van der Waals surface area contributed by atoms with Gasteiger partial charge >= 0.3 is 0 Å². The van der Waals surface area contributed by atoms with Gasteiger partial charge in [0, 0.05) is 52.4 Å². The summed E-state index contributed by atoms with van der Waals surface area (Å²) in [4.78, 5) is 24.9. The Bertz CT molecular complexity index is 860. The maximum Gasteiger partial charge on any atom is 0.228 e. The Hall–Kier alpha value is -2.70. The monoisotopic (exact) mass is 544 g/mol. The quantitative estimate of drug-likeness (QED) is 0.0787. The van der Waals surface area contributed by atoms with Gasteiger partial charge in [0.2, 0.25) is 11.9 Å². The average molecular weight is 545 g/mol. The molecule has 0 spiro atoms. The van der Waals surface area contributed by atoms with E-state index in [0.29, 0.717) is 0 Å². The summed E-state index contributed by atoms with van der Waals surface area (Å²) in [5.41, 5.74) is 0.454. The maximum atomic E-state index is 9.71. The summed E-state index contributed by atoms with van der Waals surface area (Å²) >= 11 is 0. The molecule has 8 N–H and O–H groups in total. The van der Waals surface area contributed by atoms with Crippen molar-refractivity contribution in [1.29, 1.82) is 0 Å². The molecule has 2 rings (SSSR count). The van der Waals surface area contributed by atoms with E-state index in [1.165, 1.54) is 0 Å². The standard InChI is InChI=1S/C22H40N8O8/c31-9-1-27(2-10-32)19-17-18(24-21(25-19)29(5-13-35)6-14-36)20(28(3-11-33)4-12-34)26-22(23-17)30(7-15-37)8-16-38/h31-38H,1-16H2. The van der Waals surface area contributed by atoms with E-state index in [9.17, 15) is 40.9 Å². The fourth-order valence-electron chi connectivity index (χ4n) is 3.92.